The van der Waals surface area contributed by atoms with E-state index in [2.05, 4.69) is 25.4 Å². The molecular formula is C20H27N5O. The minimum atomic E-state index is -0.260. The molecule has 2 N–H and O–H groups in total. The molecular weight excluding hydrogens is 326 g/mol. The SMILES string of the molecule is O=C(NCc1n[nH]c2c1CCCCC2)[C@@H](c1cccnc1)N1CCCC1. The van der Waals surface area contributed by atoms with Crippen LogP contribution in [-0.4, -0.2) is 39.1 Å². The number of nitrogens with zero attached hydrogens (tertiary/aromatic N) is 3. The number of carbonyl (C=O) groups is 1. The van der Waals surface area contributed by atoms with Gasteiger partial charge in [0, 0.05) is 18.1 Å². The number of rotatable bonds is 5. The van der Waals surface area contributed by atoms with Crippen LogP contribution in [0.15, 0.2) is 24.5 Å². The molecule has 0 saturated carbocycles. The lowest BCUT2D eigenvalue weighted by Gasteiger charge is -2.26. The highest BCUT2D eigenvalue weighted by Gasteiger charge is 2.30. The first-order chi connectivity index (χ1) is 12.8. The third-order valence-electron chi connectivity index (χ3n) is 5.58. The van der Waals surface area contributed by atoms with Crippen LogP contribution in [0, 0.1) is 0 Å². The largest absolute Gasteiger partial charge is 0.349 e. The first-order valence-electron chi connectivity index (χ1n) is 9.79. The minimum Gasteiger partial charge on any atom is -0.349 e. The molecule has 1 saturated heterocycles. The van der Waals surface area contributed by atoms with Gasteiger partial charge in [-0.25, -0.2) is 0 Å². The Kier molecular flexibility index (Phi) is 5.29. The molecule has 0 aromatic carbocycles. The summed E-state index contributed by atoms with van der Waals surface area (Å²) >= 11 is 0. The lowest BCUT2D eigenvalue weighted by atomic mass is 10.1. The second-order valence-corrected chi connectivity index (χ2v) is 7.34. The first-order valence-corrected chi connectivity index (χ1v) is 9.79. The van der Waals surface area contributed by atoms with Crippen LogP contribution in [-0.2, 0) is 24.2 Å². The van der Waals surface area contributed by atoms with Crippen LogP contribution in [0.3, 0.4) is 0 Å². The molecule has 3 heterocycles. The molecule has 0 spiro atoms. The predicted octanol–water partition coefficient (Wildman–Crippen LogP) is 2.53. The fourth-order valence-corrected chi connectivity index (χ4v) is 4.21. The van der Waals surface area contributed by atoms with Crippen molar-refractivity contribution < 1.29 is 4.79 Å². The normalized spacial score (nSPS) is 18.9. The van der Waals surface area contributed by atoms with Gasteiger partial charge in [0.05, 0.1) is 12.2 Å². The predicted molar refractivity (Wildman–Crippen MR) is 99.5 cm³/mol. The van der Waals surface area contributed by atoms with Crippen molar-refractivity contribution in [2.24, 2.45) is 0 Å². The zero-order chi connectivity index (χ0) is 17.8. The highest BCUT2D eigenvalue weighted by Crippen LogP contribution is 2.25. The molecule has 1 aliphatic heterocycles. The van der Waals surface area contributed by atoms with Crippen molar-refractivity contribution in [1.82, 2.24) is 25.4 Å². The first kappa shape index (κ1) is 17.2. The number of H-pyrrole nitrogens is 1. The van der Waals surface area contributed by atoms with Gasteiger partial charge in [-0.15, -0.1) is 0 Å². The Morgan fingerprint density at radius 1 is 1.19 bits per heavy atom. The lowest BCUT2D eigenvalue weighted by Crippen LogP contribution is -2.39. The molecule has 26 heavy (non-hydrogen) atoms. The zero-order valence-electron chi connectivity index (χ0n) is 15.2. The number of aromatic nitrogens is 3. The third kappa shape index (κ3) is 3.65. The Morgan fingerprint density at radius 3 is 2.85 bits per heavy atom. The van der Waals surface area contributed by atoms with E-state index in [0.717, 1.165) is 50.0 Å². The fourth-order valence-electron chi connectivity index (χ4n) is 4.21. The summed E-state index contributed by atoms with van der Waals surface area (Å²) in [6.07, 6.45) is 11.7. The minimum absolute atomic E-state index is 0.0465. The maximum Gasteiger partial charge on any atom is 0.242 e. The van der Waals surface area contributed by atoms with Gasteiger partial charge in [0.15, 0.2) is 0 Å². The van der Waals surface area contributed by atoms with Crippen molar-refractivity contribution in [1.29, 1.82) is 0 Å². The maximum atomic E-state index is 13.0. The molecule has 2 aromatic rings. The van der Waals surface area contributed by atoms with Crippen LogP contribution in [0.1, 0.15) is 60.7 Å². The van der Waals surface area contributed by atoms with Gasteiger partial charge in [0.1, 0.15) is 6.04 Å². The second-order valence-electron chi connectivity index (χ2n) is 7.34. The number of likely N-dealkylation sites (tertiary alicyclic amines) is 1. The van der Waals surface area contributed by atoms with Crippen LogP contribution in [0.2, 0.25) is 0 Å². The fraction of sp³-hybridized carbons (Fsp3) is 0.550. The maximum absolute atomic E-state index is 13.0. The van der Waals surface area contributed by atoms with Crippen molar-refractivity contribution in [3.8, 4) is 0 Å². The Morgan fingerprint density at radius 2 is 2.04 bits per heavy atom. The standard InChI is InChI=1S/C20H27N5O/c26-20(19(25-11-4-5-12-25)15-7-6-10-21-13-15)22-14-18-16-8-2-1-3-9-17(16)23-24-18/h6-7,10,13,19H,1-5,8-9,11-12,14H2,(H,22,26)(H,23,24)/t19-/m1/s1. The number of aromatic amines is 1. The molecule has 2 aliphatic rings. The van der Waals surface area contributed by atoms with E-state index in [0.29, 0.717) is 6.54 Å². The monoisotopic (exact) mass is 353 g/mol. The number of carbonyl (C=O) groups excluding carboxylic acids is 1. The van der Waals surface area contributed by atoms with Gasteiger partial charge in [-0.1, -0.05) is 12.5 Å². The van der Waals surface area contributed by atoms with Crippen LogP contribution < -0.4 is 5.32 Å². The molecule has 0 unspecified atom stereocenters. The van der Waals surface area contributed by atoms with Crippen LogP contribution in [0.4, 0.5) is 0 Å². The number of amides is 1. The highest BCUT2D eigenvalue weighted by molar-refractivity contribution is 5.83. The molecule has 1 fully saturated rings. The van der Waals surface area contributed by atoms with Crippen LogP contribution in [0.25, 0.3) is 0 Å². The molecule has 0 radical (unpaired) electrons. The van der Waals surface area contributed by atoms with Gasteiger partial charge in [0.25, 0.3) is 0 Å². The van der Waals surface area contributed by atoms with Crippen molar-refractivity contribution in [3.63, 3.8) is 0 Å². The molecule has 1 aliphatic carbocycles. The number of hydrogen-bond donors (Lipinski definition) is 2. The zero-order valence-corrected chi connectivity index (χ0v) is 15.2. The second kappa shape index (κ2) is 7.99. The lowest BCUT2D eigenvalue weighted by molar-refractivity contribution is -0.126. The van der Waals surface area contributed by atoms with E-state index in [9.17, 15) is 4.79 Å². The van der Waals surface area contributed by atoms with E-state index < -0.39 is 0 Å². The van der Waals surface area contributed by atoms with E-state index in [1.807, 2.05) is 18.3 Å². The van der Waals surface area contributed by atoms with E-state index in [-0.39, 0.29) is 11.9 Å². The van der Waals surface area contributed by atoms with Gasteiger partial charge < -0.3 is 5.32 Å². The van der Waals surface area contributed by atoms with Gasteiger partial charge in [-0.2, -0.15) is 5.10 Å². The van der Waals surface area contributed by atoms with E-state index >= 15 is 0 Å². The van der Waals surface area contributed by atoms with E-state index in [1.54, 1.807) is 6.20 Å². The summed E-state index contributed by atoms with van der Waals surface area (Å²) in [6, 6.07) is 3.64. The number of pyridine rings is 1. The summed E-state index contributed by atoms with van der Waals surface area (Å²) in [5.74, 6) is 0.0465. The average Bonchev–Trinajstić information content (AvgIpc) is 3.26. The molecule has 6 heteroatoms. The summed E-state index contributed by atoms with van der Waals surface area (Å²) < 4.78 is 0. The smallest absolute Gasteiger partial charge is 0.242 e. The third-order valence-corrected chi connectivity index (χ3v) is 5.58. The summed E-state index contributed by atoms with van der Waals surface area (Å²) in [6.45, 7) is 2.42. The van der Waals surface area contributed by atoms with E-state index in [1.165, 1.54) is 30.5 Å². The topological polar surface area (TPSA) is 73.9 Å². The molecule has 4 rings (SSSR count). The Labute approximate surface area is 154 Å². The Balaban J connectivity index is 1.48. The summed E-state index contributed by atoms with van der Waals surface area (Å²) in [5, 5.41) is 10.8. The summed E-state index contributed by atoms with van der Waals surface area (Å²) in [5.41, 5.74) is 4.55. The highest BCUT2D eigenvalue weighted by atomic mass is 16.2. The molecule has 1 amide bonds. The van der Waals surface area contributed by atoms with Gasteiger partial charge in [0.2, 0.25) is 5.91 Å². The number of nitrogens with one attached hydrogen (secondary N) is 2. The van der Waals surface area contributed by atoms with Crippen molar-refractivity contribution in [3.05, 3.63) is 47.0 Å². The molecule has 138 valence electrons. The molecule has 2 aromatic heterocycles. The van der Waals surface area contributed by atoms with Gasteiger partial charge in [-0.3, -0.25) is 19.8 Å². The van der Waals surface area contributed by atoms with Crippen LogP contribution >= 0.6 is 0 Å². The van der Waals surface area contributed by atoms with Crippen molar-refractivity contribution >= 4 is 5.91 Å². The molecule has 1 atom stereocenters. The Bertz CT molecular complexity index is 736. The average molecular weight is 353 g/mol. The van der Waals surface area contributed by atoms with Crippen LogP contribution in [0.5, 0.6) is 0 Å². The molecule has 0 bridgehead atoms. The summed E-state index contributed by atoms with van der Waals surface area (Å²) in [7, 11) is 0. The van der Waals surface area contributed by atoms with E-state index in [4.69, 9.17) is 0 Å². The van der Waals surface area contributed by atoms with Crippen molar-refractivity contribution in [2.75, 3.05) is 13.1 Å². The van der Waals surface area contributed by atoms with Gasteiger partial charge in [-0.05, 0) is 68.8 Å². The number of fused-ring (bicyclic) bond motifs is 1. The summed E-state index contributed by atoms with van der Waals surface area (Å²) in [4.78, 5) is 19.5. The quantitative estimate of drug-likeness (QED) is 0.810. The number of aryl methyl sites for hydroxylation is 1. The number of hydrogen-bond acceptors (Lipinski definition) is 4. The van der Waals surface area contributed by atoms with Gasteiger partial charge >= 0.3 is 0 Å². The van der Waals surface area contributed by atoms with Crippen molar-refractivity contribution in [2.45, 2.75) is 57.5 Å². The Hall–Kier alpha value is -2.21. The molecule has 6 nitrogen and oxygen atoms in total.